The van der Waals surface area contributed by atoms with Gasteiger partial charge in [-0.1, -0.05) is 139 Å². The minimum absolute atomic E-state index is 0.399. The SMILES string of the molecule is CCCCCCC(c1ccc(C(CCC)c2ccc(C(CCCCCC)c3ccc(N)cc3C)cc2)cc1)c1ccc(N)cc1C. The van der Waals surface area contributed by atoms with Crippen molar-refractivity contribution in [2.24, 2.45) is 0 Å². The summed E-state index contributed by atoms with van der Waals surface area (Å²) in [6.07, 6.45) is 14.9. The quantitative estimate of drug-likeness (QED) is 0.0863. The fraction of sp³-hybridized carbons (Fsp3) is 0.455. The van der Waals surface area contributed by atoms with E-state index < -0.39 is 0 Å². The molecule has 0 spiro atoms. The lowest BCUT2D eigenvalue weighted by molar-refractivity contribution is 0.594. The van der Waals surface area contributed by atoms with Gasteiger partial charge >= 0.3 is 0 Å². The summed E-state index contributed by atoms with van der Waals surface area (Å²) in [5, 5.41) is 0. The third kappa shape index (κ3) is 9.50. The summed E-state index contributed by atoms with van der Waals surface area (Å²) in [7, 11) is 0. The highest BCUT2D eigenvalue weighted by molar-refractivity contribution is 5.50. The largest absolute Gasteiger partial charge is 0.399 e. The Kier molecular flexibility index (Phi) is 13.8. The van der Waals surface area contributed by atoms with Gasteiger partial charge in [0.2, 0.25) is 0 Å². The molecular formula is C44H60N2. The van der Waals surface area contributed by atoms with Crippen LogP contribution in [0.5, 0.6) is 0 Å². The van der Waals surface area contributed by atoms with Crippen molar-refractivity contribution in [3.8, 4) is 0 Å². The summed E-state index contributed by atoms with van der Waals surface area (Å²) in [6, 6.07) is 32.2. The Morgan fingerprint density at radius 2 is 0.783 bits per heavy atom. The molecule has 0 aliphatic heterocycles. The van der Waals surface area contributed by atoms with Gasteiger partial charge in [-0.2, -0.15) is 0 Å². The third-order valence-electron chi connectivity index (χ3n) is 10.1. The first-order chi connectivity index (χ1) is 22.4. The van der Waals surface area contributed by atoms with E-state index in [0.29, 0.717) is 17.8 Å². The molecule has 0 saturated carbocycles. The van der Waals surface area contributed by atoms with Crippen molar-refractivity contribution in [2.75, 3.05) is 11.5 Å². The monoisotopic (exact) mass is 616 g/mol. The van der Waals surface area contributed by atoms with E-state index in [4.69, 9.17) is 11.5 Å². The lowest BCUT2D eigenvalue weighted by atomic mass is 9.81. The van der Waals surface area contributed by atoms with Crippen LogP contribution in [0.25, 0.3) is 0 Å². The Morgan fingerprint density at radius 3 is 1.11 bits per heavy atom. The van der Waals surface area contributed by atoms with Gasteiger partial charge in [-0.25, -0.2) is 0 Å². The molecule has 2 heteroatoms. The van der Waals surface area contributed by atoms with Crippen LogP contribution in [-0.4, -0.2) is 0 Å². The van der Waals surface area contributed by atoms with Gasteiger partial charge in [0.15, 0.2) is 0 Å². The second-order valence-corrected chi connectivity index (χ2v) is 13.7. The van der Waals surface area contributed by atoms with Crippen LogP contribution in [-0.2, 0) is 0 Å². The Hall–Kier alpha value is -3.52. The van der Waals surface area contributed by atoms with Gasteiger partial charge in [-0.05, 0) is 102 Å². The number of unbranched alkanes of at least 4 members (excludes halogenated alkanes) is 6. The van der Waals surface area contributed by atoms with Crippen LogP contribution >= 0.6 is 0 Å². The number of benzene rings is 4. The molecule has 2 atom stereocenters. The fourth-order valence-corrected chi connectivity index (χ4v) is 7.47. The first kappa shape index (κ1) is 35.3. The Morgan fingerprint density at radius 1 is 0.413 bits per heavy atom. The first-order valence-electron chi connectivity index (χ1n) is 18.3. The minimum atomic E-state index is 0.399. The molecule has 0 amide bonds. The Bertz CT molecular complexity index is 1360. The summed E-state index contributed by atoms with van der Waals surface area (Å²) in [4.78, 5) is 0. The van der Waals surface area contributed by atoms with Gasteiger partial charge in [0.05, 0.1) is 0 Å². The summed E-state index contributed by atoms with van der Waals surface area (Å²) >= 11 is 0. The van der Waals surface area contributed by atoms with Gasteiger partial charge in [0, 0.05) is 29.1 Å². The number of rotatable bonds is 18. The summed E-state index contributed by atoms with van der Waals surface area (Å²) in [5.41, 5.74) is 25.1. The average molecular weight is 617 g/mol. The molecule has 0 aliphatic carbocycles. The van der Waals surface area contributed by atoms with Crippen molar-refractivity contribution in [1.29, 1.82) is 0 Å². The highest BCUT2D eigenvalue weighted by Gasteiger charge is 2.20. The summed E-state index contributed by atoms with van der Waals surface area (Å²) in [6.45, 7) is 11.3. The number of aryl methyl sites for hydroxylation is 2. The van der Waals surface area contributed by atoms with E-state index in [0.717, 1.165) is 24.2 Å². The maximum Gasteiger partial charge on any atom is 0.0316 e. The van der Waals surface area contributed by atoms with Crippen molar-refractivity contribution in [1.82, 2.24) is 0 Å². The van der Waals surface area contributed by atoms with E-state index >= 15 is 0 Å². The van der Waals surface area contributed by atoms with Crippen molar-refractivity contribution >= 4 is 11.4 Å². The van der Waals surface area contributed by atoms with E-state index in [9.17, 15) is 0 Å². The van der Waals surface area contributed by atoms with E-state index in [-0.39, 0.29) is 0 Å². The van der Waals surface area contributed by atoms with E-state index in [1.807, 2.05) is 0 Å². The highest BCUT2D eigenvalue weighted by atomic mass is 14.5. The van der Waals surface area contributed by atoms with Crippen LogP contribution in [0.4, 0.5) is 11.4 Å². The van der Waals surface area contributed by atoms with E-state index in [2.05, 4.69) is 120 Å². The van der Waals surface area contributed by atoms with Crippen LogP contribution in [0.3, 0.4) is 0 Å². The molecule has 0 aliphatic rings. The fourth-order valence-electron chi connectivity index (χ4n) is 7.47. The van der Waals surface area contributed by atoms with Gasteiger partial charge in [0.1, 0.15) is 0 Å². The number of hydrogen-bond acceptors (Lipinski definition) is 2. The molecule has 4 aromatic carbocycles. The Labute approximate surface area is 281 Å². The molecule has 2 nitrogen and oxygen atoms in total. The van der Waals surface area contributed by atoms with Crippen molar-refractivity contribution in [3.05, 3.63) is 129 Å². The van der Waals surface area contributed by atoms with Gasteiger partial charge in [-0.15, -0.1) is 0 Å². The maximum atomic E-state index is 6.14. The van der Waals surface area contributed by atoms with Crippen LogP contribution in [0.15, 0.2) is 84.9 Å². The third-order valence-corrected chi connectivity index (χ3v) is 10.1. The number of nitrogen functional groups attached to an aromatic ring is 2. The van der Waals surface area contributed by atoms with E-state index in [1.54, 1.807) is 0 Å². The molecule has 4 N–H and O–H groups in total. The van der Waals surface area contributed by atoms with Crippen molar-refractivity contribution < 1.29 is 0 Å². The minimum Gasteiger partial charge on any atom is -0.399 e. The molecule has 4 rings (SSSR count). The number of hydrogen-bond donors (Lipinski definition) is 2. The second-order valence-electron chi connectivity index (χ2n) is 13.7. The zero-order chi connectivity index (χ0) is 32.9. The van der Waals surface area contributed by atoms with Crippen LogP contribution in [0.1, 0.15) is 160 Å². The van der Waals surface area contributed by atoms with Gasteiger partial charge in [-0.3, -0.25) is 0 Å². The molecule has 0 bridgehead atoms. The predicted molar refractivity (Wildman–Crippen MR) is 202 cm³/mol. The average Bonchev–Trinajstić information content (AvgIpc) is 3.05. The van der Waals surface area contributed by atoms with Crippen molar-refractivity contribution in [2.45, 2.75) is 129 Å². The van der Waals surface area contributed by atoms with Crippen molar-refractivity contribution in [3.63, 3.8) is 0 Å². The standard InChI is InChI=1S/C44H60N2/c1-6-9-11-13-16-43(40-28-26-38(45)30-32(40)4)36-22-18-34(19-23-36)42(15-8-3)35-20-24-37(25-21-35)44(17-14-12-10-7-2)41-29-27-39(46)31-33(41)5/h18-31,42-44H,6-17,45-46H2,1-5H3. The Balaban J connectivity index is 1.59. The molecule has 0 radical (unpaired) electrons. The molecule has 0 heterocycles. The van der Waals surface area contributed by atoms with E-state index in [1.165, 1.54) is 109 Å². The highest BCUT2D eigenvalue weighted by Crippen LogP contribution is 2.38. The lowest BCUT2D eigenvalue weighted by Crippen LogP contribution is -2.07. The molecule has 246 valence electrons. The topological polar surface area (TPSA) is 52.0 Å². The summed E-state index contributed by atoms with van der Waals surface area (Å²) < 4.78 is 0. The zero-order valence-corrected chi connectivity index (χ0v) is 29.5. The van der Waals surface area contributed by atoms with Crippen LogP contribution < -0.4 is 11.5 Å². The summed E-state index contributed by atoms with van der Waals surface area (Å²) in [5.74, 6) is 1.21. The molecule has 0 aromatic heterocycles. The van der Waals surface area contributed by atoms with Gasteiger partial charge < -0.3 is 11.5 Å². The van der Waals surface area contributed by atoms with Crippen LogP contribution in [0, 0.1) is 13.8 Å². The molecule has 4 aromatic rings. The molecule has 0 saturated heterocycles. The molecular weight excluding hydrogens is 556 g/mol. The first-order valence-corrected chi connectivity index (χ1v) is 18.3. The number of nitrogens with two attached hydrogens (primary N) is 2. The second kappa shape index (κ2) is 18.0. The number of anilines is 2. The van der Waals surface area contributed by atoms with Gasteiger partial charge in [0.25, 0.3) is 0 Å². The molecule has 46 heavy (non-hydrogen) atoms. The van der Waals surface area contributed by atoms with Crippen LogP contribution in [0.2, 0.25) is 0 Å². The maximum absolute atomic E-state index is 6.14. The lowest BCUT2D eigenvalue weighted by Gasteiger charge is -2.24. The molecule has 2 unspecified atom stereocenters. The predicted octanol–water partition coefficient (Wildman–Crippen LogP) is 12.6. The normalized spacial score (nSPS) is 13.4. The smallest absolute Gasteiger partial charge is 0.0316 e. The zero-order valence-electron chi connectivity index (χ0n) is 29.5. The molecule has 0 fully saturated rings.